The van der Waals surface area contributed by atoms with E-state index in [4.69, 9.17) is 4.52 Å². The van der Waals surface area contributed by atoms with Crippen LogP contribution in [0.5, 0.6) is 0 Å². The van der Waals surface area contributed by atoms with Gasteiger partial charge in [0.25, 0.3) is 0 Å². The van der Waals surface area contributed by atoms with Crippen LogP contribution in [0.1, 0.15) is 38.5 Å². The molecule has 0 aliphatic carbocycles. The lowest BCUT2D eigenvalue weighted by Gasteiger charge is -2.18. The maximum Gasteiger partial charge on any atom is 0.243 e. The van der Waals surface area contributed by atoms with Crippen LogP contribution < -0.4 is 5.32 Å². The first-order chi connectivity index (χ1) is 9.15. The summed E-state index contributed by atoms with van der Waals surface area (Å²) in [5.74, 6) is 6.96. The normalized spacial score (nSPS) is 19.6. The van der Waals surface area contributed by atoms with Crippen molar-refractivity contribution >= 4 is 23.5 Å². The molecule has 1 aliphatic rings. The zero-order valence-corrected chi connectivity index (χ0v) is 13.5. The van der Waals surface area contributed by atoms with Gasteiger partial charge in [-0.15, -0.1) is 0 Å². The summed E-state index contributed by atoms with van der Waals surface area (Å²) in [7, 11) is 0. The maximum atomic E-state index is 5.36. The third-order valence-electron chi connectivity index (χ3n) is 2.94. The lowest BCUT2D eigenvalue weighted by atomic mass is 10.1. The Balaban J connectivity index is 1.87. The molecule has 0 saturated carbocycles. The van der Waals surface area contributed by atoms with Gasteiger partial charge in [0.05, 0.1) is 6.04 Å². The molecule has 1 aliphatic heterocycles. The van der Waals surface area contributed by atoms with E-state index >= 15 is 0 Å². The fraction of sp³-hybridized carbons (Fsp3) is 0.846. The quantitative estimate of drug-likeness (QED) is 0.902. The van der Waals surface area contributed by atoms with Crippen LogP contribution in [0.15, 0.2) is 4.52 Å². The summed E-state index contributed by atoms with van der Waals surface area (Å²) in [6.07, 6.45) is 0.880. The minimum absolute atomic E-state index is 0.137. The van der Waals surface area contributed by atoms with Gasteiger partial charge in [-0.1, -0.05) is 19.0 Å². The van der Waals surface area contributed by atoms with Crippen molar-refractivity contribution in [2.75, 3.05) is 23.0 Å². The number of aromatic nitrogens is 2. The minimum atomic E-state index is 0.137. The van der Waals surface area contributed by atoms with Crippen LogP contribution in [0, 0.1) is 5.92 Å². The fourth-order valence-corrected chi connectivity index (χ4v) is 4.45. The highest BCUT2D eigenvalue weighted by Gasteiger charge is 2.20. The Morgan fingerprint density at radius 3 is 2.58 bits per heavy atom. The second-order valence-corrected chi connectivity index (χ2v) is 7.68. The van der Waals surface area contributed by atoms with Crippen LogP contribution in [-0.4, -0.2) is 39.2 Å². The van der Waals surface area contributed by atoms with Crippen molar-refractivity contribution in [3.05, 3.63) is 11.7 Å². The number of nitrogens with zero attached hydrogens (tertiary/aromatic N) is 2. The molecule has 0 amide bonds. The molecule has 1 atom stereocenters. The van der Waals surface area contributed by atoms with Crippen LogP contribution >= 0.6 is 23.5 Å². The monoisotopic (exact) mass is 301 g/mol. The van der Waals surface area contributed by atoms with Crippen LogP contribution in [0.2, 0.25) is 0 Å². The number of hydrogen-bond donors (Lipinski definition) is 1. The van der Waals surface area contributed by atoms with Gasteiger partial charge >= 0.3 is 0 Å². The van der Waals surface area contributed by atoms with Crippen LogP contribution in [0.4, 0.5) is 0 Å². The van der Waals surface area contributed by atoms with Crippen molar-refractivity contribution in [3.8, 4) is 0 Å². The van der Waals surface area contributed by atoms with E-state index in [0.29, 0.717) is 12.0 Å². The summed E-state index contributed by atoms with van der Waals surface area (Å²) >= 11 is 4.05. The molecule has 1 fully saturated rings. The van der Waals surface area contributed by atoms with E-state index in [-0.39, 0.29) is 6.04 Å². The Kier molecular flexibility index (Phi) is 6.04. The van der Waals surface area contributed by atoms with E-state index in [9.17, 15) is 0 Å². The first kappa shape index (κ1) is 15.2. The molecule has 1 aromatic rings. The molecular formula is C13H23N3OS2. The van der Waals surface area contributed by atoms with E-state index < -0.39 is 0 Å². The highest BCUT2D eigenvalue weighted by atomic mass is 32.2. The van der Waals surface area contributed by atoms with E-state index in [2.05, 4.69) is 36.2 Å². The van der Waals surface area contributed by atoms with Crippen molar-refractivity contribution in [1.82, 2.24) is 15.5 Å². The van der Waals surface area contributed by atoms with Crippen LogP contribution in [0.3, 0.4) is 0 Å². The van der Waals surface area contributed by atoms with Gasteiger partial charge in [-0.3, -0.25) is 0 Å². The minimum Gasteiger partial charge on any atom is -0.338 e. The Morgan fingerprint density at radius 2 is 1.95 bits per heavy atom. The van der Waals surface area contributed by atoms with Crippen LogP contribution in [-0.2, 0) is 6.42 Å². The van der Waals surface area contributed by atoms with Gasteiger partial charge in [-0.25, -0.2) is 0 Å². The topological polar surface area (TPSA) is 51.0 Å². The lowest BCUT2D eigenvalue weighted by molar-refractivity contribution is 0.328. The molecule has 1 N–H and O–H groups in total. The molecule has 2 heterocycles. The highest BCUT2D eigenvalue weighted by molar-refractivity contribution is 8.03. The van der Waals surface area contributed by atoms with Gasteiger partial charge < -0.3 is 9.84 Å². The first-order valence-electron chi connectivity index (χ1n) is 6.89. The average Bonchev–Trinajstić information content (AvgIpc) is 2.66. The largest absolute Gasteiger partial charge is 0.338 e. The number of nitrogens with one attached hydrogen (secondary N) is 1. The van der Waals surface area contributed by atoms with Crippen molar-refractivity contribution < 1.29 is 4.52 Å². The summed E-state index contributed by atoms with van der Waals surface area (Å²) in [6.45, 7) is 6.43. The molecule has 6 heteroatoms. The molecule has 2 rings (SSSR count). The van der Waals surface area contributed by atoms with Gasteiger partial charge in [0.1, 0.15) is 0 Å². The van der Waals surface area contributed by atoms with E-state index in [1.54, 1.807) is 0 Å². The summed E-state index contributed by atoms with van der Waals surface area (Å²) in [5.41, 5.74) is 0. The second-order valence-electron chi connectivity index (χ2n) is 5.38. The molecule has 0 spiro atoms. The van der Waals surface area contributed by atoms with E-state index in [1.807, 2.05) is 23.5 Å². The third-order valence-corrected chi connectivity index (χ3v) is 5.46. The standard InChI is InChI=1S/C13H23N3OS2/c1-9(2)6-12-15-13(17-16-12)10(3)14-11-7-18-4-5-19-8-11/h9-11,14H,4-8H2,1-3H3. The predicted octanol–water partition coefficient (Wildman–Crippen LogP) is 2.77. The molecule has 1 unspecified atom stereocenters. The Hall–Kier alpha value is -0.200. The SMILES string of the molecule is CC(C)Cc1noc(C(C)NC2CSCCSC2)n1. The van der Waals surface area contributed by atoms with Crippen molar-refractivity contribution in [3.63, 3.8) is 0 Å². The number of hydrogen-bond acceptors (Lipinski definition) is 6. The lowest BCUT2D eigenvalue weighted by Crippen LogP contribution is -2.35. The molecule has 1 aromatic heterocycles. The van der Waals surface area contributed by atoms with E-state index in [1.165, 1.54) is 23.0 Å². The first-order valence-corrected chi connectivity index (χ1v) is 9.20. The molecule has 108 valence electrons. The second kappa shape index (κ2) is 7.55. The molecule has 0 radical (unpaired) electrons. The average molecular weight is 301 g/mol. The molecule has 0 aromatic carbocycles. The summed E-state index contributed by atoms with van der Waals surface area (Å²) in [6, 6.07) is 0.672. The van der Waals surface area contributed by atoms with E-state index in [0.717, 1.165) is 18.1 Å². The molecule has 1 saturated heterocycles. The Morgan fingerprint density at radius 1 is 1.26 bits per heavy atom. The predicted molar refractivity (Wildman–Crippen MR) is 82.8 cm³/mol. The van der Waals surface area contributed by atoms with Crippen molar-refractivity contribution in [2.45, 2.75) is 39.3 Å². The smallest absolute Gasteiger partial charge is 0.243 e. The van der Waals surface area contributed by atoms with Gasteiger partial charge in [-0.2, -0.15) is 28.5 Å². The summed E-state index contributed by atoms with van der Waals surface area (Å²) < 4.78 is 5.36. The molecule has 0 bridgehead atoms. The van der Waals surface area contributed by atoms with Gasteiger partial charge in [0.2, 0.25) is 5.89 Å². The Bertz CT molecular complexity index is 376. The van der Waals surface area contributed by atoms with Crippen molar-refractivity contribution in [2.24, 2.45) is 5.92 Å². The highest BCUT2D eigenvalue weighted by Crippen LogP contribution is 2.19. The zero-order chi connectivity index (χ0) is 13.7. The van der Waals surface area contributed by atoms with Crippen molar-refractivity contribution in [1.29, 1.82) is 0 Å². The third kappa shape index (κ3) is 5.00. The van der Waals surface area contributed by atoms with Gasteiger partial charge in [0.15, 0.2) is 5.82 Å². The Labute approximate surface area is 123 Å². The number of rotatable bonds is 5. The summed E-state index contributed by atoms with van der Waals surface area (Å²) in [4.78, 5) is 4.49. The zero-order valence-electron chi connectivity index (χ0n) is 11.9. The van der Waals surface area contributed by atoms with Gasteiger partial charge in [0, 0.05) is 35.5 Å². The fourth-order valence-electron chi connectivity index (χ4n) is 2.03. The summed E-state index contributed by atoms with van der Waals surface area (Å²) in [5, 5.41) is 7.66. The van der Waals surface area contributed by atoms with Crippen LogP contribution in [0.25, 0.3) is 0 Å². The van der Waals surface area contributed by atoms with Gasteiger partial charge in [-0.05, 0) is 12.8 Å². The molecule has 4 nitrogen and oxygen atoms in total. The number of thioether (sulfide) groups is 2. The maximum absolute atomic E-state index is 5.36. The molecular weight excluding hydrogens is 278 g/mol. The molecule has 19 heavy (non-hydrogen) atoms.